The summed E-state index contributed by atoms with van der Waals surface area (Å²) in [6, 6.07) is 4.56. The average Bonchev–Trinajstić information content (AvgIpc) is 2.47. The van der Waals surface area contributed by atoms with E-state index in [2.05, 4.69) is 10.1 Å². The average molecular weight is 393 g/mol. The molecule has 1 N–H and O–H groups in total. The van der Waals surface area contributed by atoms with E-state index < -0.39 is 25.0 Å². The van der Waals surface area contributed by atoms with Gasteiger partial charge in [-0.1, -0.05) is 12.1 Å². The molecule has 0 unspecified atom stereocenters. The van der Waals surface area contributed by atoms with Crippen LogP contribution in [0.25, 0.3) is 0 Å². The molecule has 0 radical (unpaired) electrons. The van der Waals surface area contributed by atoms with E-state index in [1.807, 2.05) is 4.90 Å². The first kappa shape index (κ1) is 21.9. The maximum Gasteiger partial charge on any atom is 0.573 e. The molecule has 10 heteroatoms. The Hall–Kier alpha value is -1.19. The Kier molecular flexibility index (Phi) is 7.83. The summed E-state index contributed by atoms with van der Waals surface area (Å²) in [4.78, 5) is 1.92. The van der Waals surface area contributed by atoms with Gasteiger partial charge in [0.2, 0.25) is 0 Å². The van der Waals surface area contributed by atoms with Crippen molar-refractivity contribution < 1.29 is 31.1 Å². The van der Waals surface area contributed by atoms with Gasteiger partial charge in [0.1, 0.15) is 5.75 Å². The molecule has 0 bridgehead atoms. The second-order valence-electron chi connectivity index (χ2n) is 5.57. The zero-order chi connectivity index (χ0) is 17.8. The van der Waals surface area contributed by atoms with Crippen LogP contribution < -0.4 is 10.1 Å². The normalized spacial score (nSPS) is 17.7. The van der Waals surface area contributed by atoms with Crippen molar-refractivity contribution in [3.8, 4) is 5.75 Å². The monoisotopic (exact) mass is 392 g/mol. The zero-order valence-corrected chi connectivity index (χ0v) is 14.0. The highest BCUT2D eigenvalue weighted by Crippen LogP contribution is 2.33. The van der Waals surface area contributed by atoms with Crippen LogP contribution in [0.5, 0.6) is 5.75 Å². The van der Waals surface area contributed by atoms with Gasteiger partial charge in [0.15, 0.2) is 0 Å². The summed E-state index contributed by atoms with van der Waals surface area (Å²) in [5.74, 6) is -0.388. The SMILES string of the molecule is Cl.FC(F)(F)CC[C@H](c1ccc(OC(F)(F)F)cc1)N1CCNCC1. The van der Waals surface area contributed by atoms with E-state index in [0.29, 0.717) is 31.7 Å². The van der Waals surface area contributed by atoms with Gasteiger partial charge in [-0.3, -0.25) is 4.90 Å². The van der Waals surface area contributed by atoms with Crippen molar-refractivity contribution in [2.24, 2.45) is 0 Å². The third kappa shape index (κ3) is 7.70. The van der Waals surface area contributed by atoms with Gasteiger partial charge < -0.3 is 10.1 Å². The predicted octanol–water partition coefficient (Wildman–Crippen LogP) is 4.30. The molecule has 1 saturated heterocycles. The molecule has 1 aliphatic rings. The summed E-state index contributed by atoms with van der Waals surface area (Å²) in [5, 5.41) is 3.12. The lowest BCUT2D eigenvalue weighted by Gasteiger charge is -2.35. The quantitative estimate of drug-likeness (QED) is 0.756. The first-order valence-electron chi connectivity index (χ1n) is 7.51. The molecule has 0 spiro atoms. The maximum absolute atomic E-state index is 12.6. The second kappa shape index (κ2) is 8.95. The minimum atomic E-state index is -4.80. The van der Waals surface area contributed by atoms with Gasteiger partial charge in [-0.25, -0.2) is 0 Å². The molecule has 1 aliphatic heterocycles. The number of alkyl halides is 6. The molecular weight excluding hydrogens is 374 g/mol. The third-order valence-electron chi connectivity index (χ3n) is 3.79. The van der Waals surface area contributed by atoms with Crippen LogP contribution >= 0.6 is 12.4 Å². The van der Waals surface area contributed by atoms with Gasteiger partial charge in [0, 0.05) is 38.6 Å². The van der Waals surface area contributed by atoms with Crippen molar-refractivity contribution in [3.05, 3.63) is 29.8 Å². The Morgan fingerprint density at radius 1 is 1.00 bits per heavy atom. The van der Waals surface area contributed by atoms with Crippen LogP contribution in [0.3, 0.4) is 0 Å². The molecule has 0 aliphatic carbocycles. The Balaban J connectivity index is 0.00000312. The molecule has 2 rings (SSSR count). The predicted molar refractivity (Wildman–Crippen MR) is 82.8 cm³/mol. The van der Waals surface area contributed by atoms with Crippen LogP contribution in [0.2, 0.25) is 0 Å². The Bertz CT molecular complexity index is 514. The molecule has 1 aromatic carbocycles. The van der Waals surface area contributed by atoms with E-state index in [0.717, 1.165) is 12.1 Å². The number of halogens is 7. The molecule has 1 fully saturated rings. The molecule has 0 aromatic heterocycles. The highest BCUT2D eigenvalue weighted by atomic mass is 35.5. The van der Waals surface area contributed by atoms with E-state index in [-0.39, 0.29) is 24.6 Å². The molecule has 25 heavy (non-hydrogen) atoms. The fraction of sp³-hybridized carbons (Fsp3) is 0.600. The van der Waals surface area contributed by atoms with E-state index in [9.17, 15) is 26.3 Å². The highest BCUT2D eigenvalue weighted by Gasteiger charge is 2.32. The second-order valence-corrected chi connectivity index (χ2v) is 5.57. The van der Waals surface area contributed by atoms with Crippen molar-refractivity contribution >= 4 is 12.4 Å². The van der Waals surface area contributed by atoms with Crippen LogP contribution in [0.15, 0.2) is 24.3 Å². The van der Waals surface area contributed by atoms with Crippen molar-refractivity contribution in [2.45, 2.75) is 31.4 Å². The van der Waals surface area contributed by atoms with Crippen LogP contribution in [-0.2, 0) is 0 Å². The number of nitrogens with zero attached hydrogens (tertiary/aromatic N) is 1. The molecule has 0 saturated carbocycles. The lowest BCUT2D eigenvalue weighted by atomic mass is 9.99. The van der Waals surface area contributed by atoms with E-state index in [1.54, 1.807) is 0 Å². The minimum absolute atomic E-state index is 0. The summed E-state index contributed by atoms with van der Waals surface area (Å²) in [6.45, 7) is 2.50. The zero-order valence-electron chi connectivity index (χ0n) is 13.2. The topological polar surface area (TPSA) is 24.5 Å². The minimum Gasteiger partial charge on any atom is -0.406 e. The molecule has 144 valence electrons. The van der Waals surface area contributed by atoms with Gasteiger partial charge >= 0.3 is 12.5 Å². The van der Waals surface area contributed by atoms with Gasteiger partial charge in [-0.15, -0.1) is 25.6 Å². The lowest BCUT2D eigenvalue weighted by molar-refractivity contribution is -0.274. The van der Waals surface area contributed by atoms with Gasteiger partial charge in [-0.2, -0.15) is 13.2 Å². The fourth-order valence-electron chi connectivity index (χ4n) is 2.75. The van der Waals surface area contributed by atoms with Crippen LogP contribution in [0.1, 0.15) is 24.4 Å². The molecule has 1 heterocycles. The number of hydrogen-bond acceptors (Lipinski definition) is 3. The van der Waals surface area contributed by atoms with Crippen LogP contribution in [-0.4, -0.2) is 43.6 Å². The summed E-state index contributed by atoms with van der Waals surface area (Å²) in [5.41, 5.74) is 0.552. The van der Waals surface area contributed by atoms with Crippen molar-refractivity contribution in [1.29, 1.82) is 0 Å². The van der Waals surface area contributed by atoms with Crippen molar-refractivity contribution in [2.75, 3.05) is 26.2 Å². The fourth-order valence-corrected chi connectivity index (χ4v) is 2.75. The first-order valence-corrected chi connectivity index (χ1v) is 7.51. The summed E-state index contributed by atoms with van der Waals surface area (Å²) in [6.07, 6.45) is -10.1. The number of benzene rings is 1. The van der Waals surface area contributed by atoms with Gasteiger partial charge in [0.05, 0.1) is 0 Å². The van der Waals surface area contributed by atoms with E-state index in [4.69, 9.17) is 0 Å². The van der Waals surface area contributed by atoms with Crippen molar-refractivity contribution in [3.63, 3.8) is 0 Å². The number of nitrogens with one attached hydrogen (secondary N) is 1. The summed E-state index contributed by atoms with van der Waals surface area (Å²) in [7, 11) is 0. The van der Waals surface area contributed by atoms with E-state index >= 15 is 0 Å². The largest absolute Gasteiger partial charge is 0.573 e. The number of hydrogen-bond donors (Lipinski definition) is 1. The lowest BCUT2D eigenvalue weighted by Crippen LogP contribution is -2.45. The molecular formula is C15H19ClF6N2O. The van der Waals surface area contributed by atoms with Gasteiger partial charge in [0.25, 0.3) is 0 Å². The first-order chi connectivity index (χ1) is 11.1. The standard InChI is InChI=1S/C15H18F6N2O.ClH/c16-14(17,18)6-5-13(23-9-7-22-8-10-23)11-1-3-12(4-2-11)24-15(19,20)21;/h1-4,13,22H,5-10H2;1H/t13-;/m1./s1. The molecule has 1 atom stereocenters. The van der Waals surface area contributed by atoms with Crippen molar-refractivity contribution in [1.82, 2.24) is 10.2 Å². The highest BCUT2D eigenvalue weighted by molar-refractivity contribution is 5.85. The Labute approximate surface area is 147 Å². The summed E-state index contributed by atoms with van der Waals surface area (Å²) >= 11 is 0. The third-order valence-corrected chi connectivity index (χ3v) is 3.79. The van der Waals surface area contributed by atoms with E-state index in [1.165, 1.54) is 12.1 Å². The molecule has 3 nitrogen and oxygen atoms in total. The number of piperazine rings is 1. The number of ether oxygens (including phenoxy) is 1. The number of rotatable bonds is 5. The van der Waals surface area contributed by atoms with Gasteiger partial charge in [-0.05, 0) is 24.1 Å². The Morgan fingerprint density at radius 2 is 1.56 bits per heavy atom. The summed E-state index contributed by atoms with van der Waals surface area (Å²) < 4.78 is 78.1. The maximum atomic E-state index is 12.6. The molecule has 1 aromatic rings. The Morgan fingerprint density at radius 3 is 2.04 bits per heavy atom. The van der Waals surface area contributed by atoms with Crippen LogP contribution in [0.4, 0.5) is 26.3 Å². The smallest absolute Gasteiger partial charge is 0.406 e. The van der Waals surface area contributed by atoms with Crippen LogP contribution in [0, 0.1) is 0 Å². The molecule has 0 amide bonds.